The maximum atomic E-state index is 8.92. The molecule has 2 aromatic carbocycles. The first-order valence-electron chi connectivity index (χ1n) is 5.96. The third kappa shape index (κ3) is 2.93. The largest absolute Gasteiger partial charge is 0.497 e. The van der Waals surface area contributed by atoms with Crippen molar-refractivity contribution in [3.8, 4) is 17.6 Å². The highest BCUT2D eigenvalue weighted by molar-refractivity contribution is 5.75. The molecule has 5 heteroatoms. The number of ether oxygens (including phenoxy) is 2. The molecule has 0 aliphatic carbocycles. The summed E-state index contributed by atoms with van der Waals surface area (Å²) in [6.45, 7) is 0. The molecule has 0 bridgehead atoms. The Morgan fingerprint density at radius 1 is 1.05 bits per heavy atom. The predicted molar refractivity (Wildman–Crippen MR) is 78.4 cm³/mol. The number of nitrogens with zero attached hydrogens (tertiary/aromatic N) is 1. The van der Waals surface area contributed by atoms with Crippen LogP contribution in [0.5, 0.6) is 11.5 Å². The van der Waals surface area contributed by atoms with Crippen molar-refractivity contribution in [2.24, 2.45) is 0 Å². The van der Waals surface area contributed by atoms with Crippen LogP contribution in [0.1, 0.15) is 5.56 Å². The number of nitrogens with one attached hydrogen (secondary N) is 1. The molecule has 0 saturated carbocycles. The van der Waals surface area contributed by atoms with Crippen LogP contribution in [0.4, 0.5) is 17.1 Å². The van der Waals surface area contributed by atoms with Crippen molar-refractivity contribution in [3.05, 3.63) is 42.0 Å². The lowest BCUT2D eigenvalue weighted by Gasteiger charge is -2.12. The summed E-state index contributed by atoms with van der Waals surface area (Å²) >= 11 is 0. The van der Waals surface area contributed by atoms with Gasteiger partial charge in [-0.1, -0.05) is 0 Å². The van der Waals surface area contributed by atoms with Gasteiger partial charge in [0.2, 0.25) is 0 Å². The summed E-state index contributed by atoms with van der Waals surface area (Å²) in [6, 6.07) is 12.6. The fraction of sp³-hybridized carbons (Fsp3) is 0.133. The SMILES string of the molecule is COc1cc(Nc2cc(C#N)ccc2N)cc(OC)c1. The molecule has 0 atom stereocenters. The average molecular weight is 269 g/mol. The van der Waals surface area contributed by atoms with Gasteiger partial charge in [-0.25, -0.2) is 0 Å². The van der Waals surface area contributed by atoms with Gasteiger partial charge in [-0.15, -0.1) is 0 Å². The normalized spacial score (nSPS) is 9.65. The minimum atomic E-state index is 0.538. The lowest BCUT2D eigenvalue weighted by atomic mass is 10.1. The molecule has 0 radical (unpaired) electrons. The first-order valence-corrected chi connectivity index (χ1v) is 5.96. The van der Waals surface area contributed by atoms with Crippen molar-refractivity contribution in [3.63, 3.8) is 0 Å². The fourth-order valence-electron chi connectivity index (χ4n) is 1.77. The van der Waals surface area contributed by atoms with Crippen molar-refractivity contribution < 1.29 is 9.47 Å². The predicted octanol–water partition coefficient (Wildman–Crippen LogP) is 2.90. The van der Waals surface area contributed by atoms with Crippen molar-refractivity contribution in [2.75, 3.05) is 25.3 Å². The first kappa shape index (κ1) is 13.6. The van der Waals surface area contributed by atoms with E-state index in [2.05, 4.69) is 11.4 Å². The van der Waals surface area contributed by atoms with Gasteiger partial charge in [0.05, 0.1) is 37.2 Å². The second-order valence-corrected chi connectivity index (χ2v) is 4.14. The van der Waals surface area contributed by atoms with Crippen LogP contribution in [0.3, 0.4) is 0 Å². The number of anilines is 3. The fourth-order valence-corrected chi connectivity index (χ4v) is 1.77. The molecule has 2 aromatic rings. The molecule has 0 aromatic heterocycles. The van der Waals surface area contributed by atoms with Crippen LogP contribution in [0, 0.1) is 11.3 Å². The number of nitrogens with two attached hydrogens (primary N) is 1. The molecule has 0 fully saturated rings. The molecule has 0 aliphatic rings. The molecule has 0 heterocycles. The van der Waals surface area contributed by atoms with Gasteiger partial charge in [-0.2, -0.15) is 5.26 Å². The summed E-state index contributed by atoms with van der Waals surface area (Å²) in [7, 11) is 3.17. The van der Waals surface area contributed by atoms with E-state index in [9.17, 15) is 0 Å². The van der Waals surface area contributed by atoms with Gasteiger partial charge in [-0.3, -0.25) is 0 Å². The third-order valence-electron chi connectivity index (χ3n) is 2.81. The molecule has 0 saturated heterocycles. The summed E-state index contributed by atoms with van der Waals surface area (Å²) in [4.78, 5) is 0. The van der Waals surface area contributed by atoms with Crippen LogP contribution in [0.15, 0.2) is 36.4 Å². The quantitative estimate of drug-likeness (QED) is 0.834. The highest BCUT2D eigenvalue weighted by atomic mass is 16.5. The third-order valence-corrected chi connectivity index (χ3v) is 2.81. The van der Waals surface area contributed by atoms with Crippen molar-refractivity contribution in [1.82, 2.24) is 0 Å². The van der Waals surface area contributed by atoms with E-state index in [4.69, 9.17) is 20.5 Å². The van der Waals surface area contributed by atoms with E-state index < -0.39 is 0 Å². The van der Waals surface area contributed by atoms with E-state index in [1.54, 1.807) is 38.5 Å². The van der Waals surface area contributed by atoms with Crippen LogP contribution in [-0.2, 0) is 0 Å². The second-order valence-electron chi connectivity index (χ2n) is 4.14. The van der Waals surface area contributed by atoms with Crippen molar-refractivity contribution in [1.29, 1.82) is 5.26 Å². The molecule has 3 N–H and O–H groups in total. The zero-order chi connectivity index (χ0) is 14.5. The summed E-state index contributed by atoms with van der Waals surface area (Å²) in [6.07, 6.45) is 0. The number of rotatable bonds is 4. The van der Waals surface area contributed by atoms with E-state index in [0.717, 1.165) is 5.69 Å². The molecule has 0 aliphatic heterocycles. The Morgan fingerprint density at radius 2 is 1.70 bits per heavy atom. The van der Waals surface area contributed by atoms with Crippen LogP contribution in [0.25, 0.3) is 0 Å². The highest BCUT2D eigenvalue weighted by Crippen LogP contribution is 2.30. The van der Waals surface area contributed by atoms with E-state index >= 15 is 0 Å². The first-order chi connectivity index (χ1) is 9.66. The number of nitriles is 1. The molecule has 20 heavy (non-hydrogen) atoms. The number of hydrogen-bond donors (Lipinski definition) is 2. The molecule has 0 unspecified atom stereocenters. The Labute approximate surface area is 117 Å². The van der Waals surface area contributed by atoms with Crippen molar-refractivity contribution >= 4 is 17.1 Å². The van der Waals surface area contributed by atoms with Gasteiger partial charge in [0.15, 0.2) is 0 Å². The number of nitrogen functional groups attached to an aromatic ring is 1. The van der Waals surface area contributed by atoms with Gasteiger partial charge in [0, 0.05) is 23.9 Å². The maximum absolute atomic E-state index is 8.92. The number of hydrogen-bond acceptors (Lipinski definition) is 5. The van der Waals surface area contributed by atoms with Crippen LogP contribution in [0.2, 0.25) is 0 Å². The van der Waals surface area contributed by atoms with E-state index in [1.807, 2.05) is 12.1 Å². The van der Waals surface area contributed by atoms with Crippen molar-refractivity contribution in [2.45, 2.75) is 0 Å². The second kappa shape index (κ2) is 5.85. The average Bonchev–Trinajstić information content (AvgIpc) is 2.49. The summed E-state index contributed by atoms with van der Waals surface area (Å²) in [5, 5.41) is 12.1. The smallest absolute Gasteiger partial charge is 0.124 e. The Balaban J connectivity index is 2.36. The monoisotopic (exact) mass is 269 g/mol. The van der Waals surface area contributed by atoms with E-state index in [0.29, 0.717) is 28.4 Å². The Kier molecular flexibility index (Phi) is 3.96. The van der Waals surface area contributed by atoms with Crippen LogP contribution in [-0.4, -0.2) is 14.2 Å². The summed E-state index contributed by atoms with van der Waals surface area (Å²) < 4.78 is 10.4. The Hall–Kier alpha value is -2.87. The molecule has 2 rings (SSSR count). The van der Waals surface area contributed by atoms with E-state index in [-0.39, 0.29) is 0 Å². The van der Waals surface area contributed by atoms with Gasteiger partial charge >= 0.3 is 0 Å². The molecule has 5 nitrogen and oxygen atoms in total. The molecule has 102 valence electrons. The highest BCUT2D eigenvalue weighted by Gasteiger charge is 2.05. The van der Waals surface area contributed by atoms with Gasteiger partial charge in [0.25, 0.3) is 0 Å². The van der Waals surface area contributed by atoms with Gasteiger partial charge in [-0.05, 0) is 18.2 Å². The minimum absolute atomic E-state index is 0.538. The van der Waals surface area contributed by atoms with Gasteiger partial charge in [0.1, 0.15) is 11.5 Å². The van der Waals surface area contributed by atoms with Gasteiger partial charge < -0.3 is 20.5 Å². The topological polar surface area (TPSA) is 80.3 Å². The summed E-state index contributed by atoms with van der Waals surface area (Å²) in [5.74, 6) is 1.34. The minimum Gasteiger partial charge on any atom is -0.497 e. The number of benzene rings is 2. The number of methoxy groups -OCH3 is 2. The lowest BCUT2D eigenvalue weighted by molar-refractivity contribution is 0.395. The molecular weight excluding hydrogens is 254 g/mol. The zero-order valence-corrected chi connectivity index (χ0v) is 11.3. The van der Waals surface area contributed by atoms with Crippen LogP contribution < -0.4 is 20.5 Å². The Bertz CT molecular complexity index is 640. The zero-order valence-electron chi connectivity index (χ0n) is 11.3. The molecule has 0 spiro atoms. The standard InChI is InChI=1S/C15H15N3O2/c1-19-12-6-11(7-13(8-12)20-2)18-15-5-10(9-16)3-4-14(15)17/h3-8,18H,17H2,1-2H3. The van der Waals surface area contributed by atoms with E-state index in [1.165, 1.54) is 0 Å². The Morgan fingerprint density at radius 3 is 2.25 bits per heavy atom. The molecule has 0 amide bonds. The maximum Gasteiger partial charge on any atom is 0.124 e. The summed E-state index contributed by atoms with van der Waals surface area (Å²) in [5.41, 5.74) is 8.43. The molecular formula is C15H15N3O2. The lowest BCUT2D eigenvalue weighted by Crippen LogP contribution is -1.98. The van der Waals surface area contributed by atoms with Crippen LogP contribution >= 0.6 is 0 Å².